The molecule has 1 fully saturated rings. The summed E-state index contributed by atoms with van der Waals surface area (Å²) in [5, 5.41) is 3.41. The van der Waals surface area contributed by atoms with E-state index in [1.54, 1.807) is 4.90 Å². The highest BCUT2D eigenvalue weighted by molar-refractivity contribution is 7.16. The van der Waals surface area contributed by atoms with Gasteiger partial charge in [-0.15, -0.1) is 11.3 Å². The van der Waals surface area contributed by atoms with Gasteiger partial charge in [0, 0.05) is 43.8 Å². The van der Waals surface area contributed by atoms with Crippen molar-refractivity contribution in [2.45, 2.75) is 19.3 Å². The Morgan fingerprint density at radius 1 is 1.20 bits per heavy atom. The number of amides is 1. The number of rotatable bonds is 4. The van der Waals surface area contributed by atoms with Gasteiger partial charge in [-0.25, -0.2) is 0 Å². The van der Waals surface area contributed by atoms with Crippen LogP contribution in [0.4, 0.5) is 13.2 Å². The number of aromatic nitrogens is 2. The molecule has 0 aliphatic carbocycles. The van der Waals surface area contributed by atoms with Crippen molar-refractivity contribution in [1.29, 1.82) is 0 Å². The van der Waals surface area contributed by atoms with E-state index in [4.69, 9.17) is 11.6 Å². The minimum Gasteiger partial charge on any atom is -0.339 e. The van der Waals surface area contributed by atoms with Gasteiger partial charge in [-0.3, -0.25) is 14.4 Å². The second kappa shape index (κ2) is 7.35. The Bertz CT molecular complexity index is 737. The lowest BCUT2D eigenvalue weighted by Crippen LogP contribution is -2.49. The van der Waals surface area contributed by atoms with Gasteiger partial charge in [-0.2, -0.15) is 18.3 Å². The predicted octanol–water partition coefficient (Wildman–Crippen LogP) is 2.96. The van der Waals surface area contributed by atoms with Crippen molar-refractivity contribution >= 4 is 28.8 Å². The topological polar surface area (TPSA) is 41.4 Å². The van der Waals surface area contributed by atoms with Gasteiger partial charge in [0.2, 0.25) is 5.91 Å². The van der Waals surface area contributed by atoms with E-state index in [9.17, 15) is 18.0 Å². The van der Waals surface area contributed by atoms with Crippen LogP contribution in [0.25, 0.3) is 0 Å². The second-order valence-corrected chi connectivity index (χ2v) is 7.56. The number of nitrogens with zero attached hydrogens (tertiary/aromatic N) is 4. The van der Waals surface area contributed by atoms with Crippen molar-refractivity contribution in [3.63, 3.8) is 0 Å². The molecule has 0 atom stereocenters. The van der Waals surface area contributed by atoms with Crippen LogP contribution in [-0.2, 0) is 24.1 Å². The molecule has 0 aromatic carbocycles. The number of carbonyl (C=O) groups excluding carboxylic acids is 1. The minimum absolute atomic E-state index is 0.184. The zero-order valence-electron chi connectivity index (χ0n) is 13.2. The molecule has 0 N–H and O–H groups in total. The summed E-state index contributed by atoms with van der Waals surface area (Å²) in [5.74, 6) is -0.226. The molecule has 3 heterocycles. The van der Waals surface area contributed by atoms with Gasteiger partial charge in [0.1, 0.15) is 6.54 Å². The summed E-state index contributed by atoms with van der Waals surface area (Å²) < 4.78 is 39.4. The van der Waals surface area contributed by atoms with Crippen molar-refractivity contribution in [3.8, 4) is 0 Å². The monoisotopic (exact) mass is 392 g/mol. The van der Waals surface area contributed by atoms with Gasteiger partial charge >= 0.3 is 6.18 Å². The number of halogens is 4. The fourth-order valence-electron chi connectivity index (χ4n) is 2.65. The SMILES string of the molecule is O=C(Cn1ccc(C(F)(F)F)n1)N1CCN(Cc2ccc(Cl)s2)CC1. The quantitative estimate of drug-likeness (QED) is 0.803. The first kappa shape index (κ1) is 18.2. The second-order valence-electron chi connectivity index (χ2n) is 5.76. The molecule has 0 radical (unpaired) electrons. The van der Waals surface area contributed by atoms with E-state index in [1.165, 1.54) is 22.4 Å². The molecule has 25 heavy (non-hydrogen) atoms. The maximum Gasteiger partial charge on any atom is 0.435 e. The average molecular weight is 393 g/mol. The van der Waals surface area contributed by atoms with E-state index in [0.29, 0.717) is 26.2 Å². The smallest absolute Gasteiger partial charge is 0.339 e. The van der Waals surface area contributed by atoms with Crippen molar-refractivity contribution in [1.82, 2.24) is 19.6 Å². The Hall–Kier alpha value is -1.58. The summed E-state index contributed by atoms with van der Waals surface area (Å²) in [5.41, 5.74) is -0.986. The normalized spacial score (nSPS) is 16.4. The van der Waals surface area contributed by atoms with Gasteiger partial charge < -0.3 is 4.90 Å². The maximum absolute atomic E-state index is 12.5. The molecule has 0 bridgehead atoms. The molecule has 1 aliphatic rings. The van der Waals surface area contributed by atoms with Gasteiger partial charge in [0.05, 0.1) is 4.34 Å². The number of carbonyl (C=O) groups is 1. The number of piperazine rings is 1. The first-order valence-electron chi connectivity index (χ1n) is 7.66. The first-order valence-corrected chi connectivity index (χ1v) is 8.86. The van der Waals surface area contributed by atoms with E-state index in [1.807, 2.05) is 12.1 Å². The summed E-state index contributed by atoms with van der Waals surface area (Å²) in [4.78, 5) is 17.3. The highest BCUT2D eigenvalue weighted by Crippen LogP contribution is 2.27. The summed E-state index contributed by atoms with van der Waals surface area (Å²) in [6.07, 6.45) is -3.32. The standard InChI is InChI=1S/C15H16ClF3N4OS/c16-13-2-1-11(25-13)9-21-5-7-22(8-6-21)14(24)10-23-4-3-12(20-23)15(17,18)19/h1-4H,5-10H2. The highest BCUT2D eigenvalue weighted by atomic mass is 35.5. The molecule has 136 valence electrons. The lowest BCUT2D eigenvalue weighted by Gasteiger charge is -2.34. The fourth-order valence-corrected chi connectivity index (χ4v) is 3.78. The summed E-state index contributed by atoms with van der Waals surface area (Å²) in [7, 11) is 0. The molecule has 1 aliphatic heterocycles. The van der Waals surface area contributed by atoms with Gasteiger partial charge in [0.15, 0.2) is 5.69 Å². The Morgan fingerprint density at radius 3 is 2.48 bits per heavy atom. The zero-order chi connectivity index (χ0) is 18.0. The first-order chi connectivity index (χ1) is 11.8. The van der Waals surface area contributed by atoms with Crippen LogP contribution in [0, 0.1) is 0 Å². The van der Waals surface area contributed by atoms with Gasteiger partial charge in [-0.05, 0) is 18.2 Å². The van der Waals surface area contributed by atoms with E-state index in [-0.39, 0.29) is 12.5 Å². The Kier molecular flexibility index (Phi) is 5.35. The molecule has 2 aromatic heterocycles. The molecule has 1 saturated heterocycles. The average Bonchev–Trinajstić information content (AvgIpc) is 3.17. The summed E-state index contributed by atoms with van der Waals surface area (Å²) in [6.45, 7) is 3.13. The summed E-state index contributed by atoms with van der Waals surface area (Å²) >= 11 is 7.45. The number of alkyl halides is 3. The Balaban J connectivity index is 1.49. The molecule has 0 unspecified atom stereocenters. The Morgan fingerprint density at radius 2 is 1.92 bits per heavy atom. The number of thiophene rings is 1. The molecule has 0 saturated carbocycles. The molecule has 3 rings (SSSR count). The zero-order valence-corrected chi connectivity index (χ0v) is 14.7. The molecule has 2 aromatic rings. The maximum atomic E-state index is 12.5. The number of hydrogen-bond donors (Lipinski definition) is 0. The van der Waals surface area contributed by atoms with E-state index in [0.717, 1.165) is 21.6 Å². The fraction of sp³-hybridized carbons (Fsp3) is 0.467. The van der Waals surface area contributed by atoms with Crippen LogP contribution in [0.3, 0.4) is 0 Å². The van der Waals surface area contributed by atoms with Crippen LogP contribution in [0.5, 0.6) is 0 Å². The molecule has 5 nitrogen and oxygen atoms in total. The summed E-state index contributed by atoms with van der Waals surface area (Å²) in [6, 6.07) is 4.72. The van der Waals surface area contributed by atoms with Crippen molar-refractivity contribution < 1.29 is 18.0 Å². The lowest BCUT2D eigenvalue weighted by atomic mass is 10.3. The lowest BCUT2D eigenvalue weighted by molar-refractivity contribution is -0.142. The Labute approximate surface area is 151 Å². The molecular weight excluding hydrogens is 377 g/mol. The van der Waals surface area contributed by atoms with Crippen LogP contribution < -0.4 is 0 Å². The van der Waals surface area contributed by atoms with E-state index < -0.39 is 11.9 Å². The third kappa shape index (κ3) is 4.74. The molecule has 10 heteroatoms. The van der Waals surface area contributed by atoms with E-state index in [2.05, 4.69) is 10.00 Å². The van der Waals surface area contributed by atoms with Crippen LogP contribution in [-0.4, -0.2) is 51.7 Å². The minimum atomic E-state index is -4.50. The molecule has 1 amide bonds. The van der Waals surface area contributed by atoms with Gasteiger partial charge in [-0.1, -0.05) is 11.6 Å². The van der Waals surface area contributed by atoms with Crippen molar-refractivity contribution in [2.24, 2.45) is 0 Å². The largest absolute Gasteiger partial charge is 0.435 e. The highest BCUT2D eigenvalue weighted by Gasteiger charge is 2.33. The number of hydrogen-bond acceptors (Lipinski definition) is 4. The van der Waals surface area contributed by atoms with Crippen LogP contribution in [0.1, 0.15) is 10.6 Å². The predicted molar refractivity (Wildman–Crippen MR) is 88.4 cm³/mol. The van der Waals surface area contributed by atoms with Crippen molar-refractivity contribution in [2.75, 3.05) is 26.2 Å². The van der Waals surface area contributed by atoms with Gasteiger partial charge in [0.25, 0.3) is 0 Å². The third-order valence-corrected chi connectivity index (χ3v) is 5.18. The molecular formula is C15H16ClF3N4OS. The van der Waals surface area contributed by atoms with Crippen LogP contribution in [0.2, 0.25) is 4.34 Å². The van der Waals surface area contributed by atoms with E-state index >= 15 is 0 Å². The van der Waals surface area contributed by atoms with Crippen LogP contribution >= 0.6 is 22.9 Å². The van der Waals surface area contributed by atoms with Crippen molar-refractivity contribution in [3.05, 3.63) is 39.3 Å². The third-order valence-electron chi connectivity index (χ3n) is 3.96. The molecule has 0 spiro atoms. The van der Waals surface area contributed by atoms with Crippen LogP contribution in [0.15, 0.2) is 24.4 Å².